The summed E-state index contributed by atoms with van der Waals surface area (Å²) in [6.07, 6.45) is 0. The number of carbonyl (C=O) groups is 1. The Morgan fingerprint density at radius 2 is 2.05 bits per heavy atom. The number of rotatable bonds is 3. The molecule has 0 radical (unpaired) electrons. The van der Waals surface area contributed by atoms with Crippen LogP contribution in [-0.2, 0) is 11.3 Å². The molecule has 2 N–H and O–H groups in total. The Morgan fingerprint density at radius 3 is 2.75 bits per heavy atom. The zero-order valence-electron chi connectivity index (χ0n) is 10.2. The molecule has 0 aliphatic heterocycles. The average Bonchev–Trinajstić information content (AvgIpc) is 2.39. The van der Waals surface area contributed by atoms with Gasteiger partial charge in [-0.2, -0.15) is 0 Å². The molecule has 0 saturated carbocycles. The summed E-state index contributed by atoms with van der Waals surface area (Å²) in [5, 5.41) is 0.428. The Labute approximate surface area is 128 Å². The van der Waals surface area contributed by atoms with Crippen LogP contribution >= 0.6 is 27.5 Å². The van der Waals surface area contributed by atoms with Gasteiger partial charge in [0.2, 0.25) is 0 Å². The van der Waals surface area contributed by atoms with Crippen molar-refractivity contribution >= 4 is 39.2 Å². The number of benzene rings is 2. The van der Waals surface area contributed by atoms with Gasteiger partial charge in [-0.15, -0.1) is 0 Å². The molecule has 0 saturated heterocycles. The molecule has 0 aliphatic rings. The van der Waals surface area contributed by atoms with E-state index >= 15 is 0 Å². The lowest BCUT2D eigenvalue weighted by Gasteiger charge is -2.08. The van der Waals surface area contributed by atoms with E-state index in [-0.39, 0.29) is 23.4 Å². The maximum atomic E-state index is 13.5. The van der Waals surface area contributed by atoms with Crippen LogP contribution in [0.3, 0.4) is 0 Å². The SMILES string of the molecule is Nc1cc(Cl)ccc1C(=O)OCc1cc(Br)ccc1F. The van der Waals surface area contributed by atoms with Crippen molar-refractivity contribution in [3.63, 3.8) is 0 Å². The van der Waals surface area contributed by atoms with Gasteiger partial charge in [0, 0.05) is 20.7 Å². The van der Waals surface area contributed by atoms with Gasteiger partial charge in [-0.25, -0.2) is 9.18 Å². The quantitative estimate of drug-likeness (QED) is 0.661. The van der Waals surface area contributed by atoms with E-state index in [1.165, 1.54) is 24.3 Å². The first-order chi connectivity index (χ1) is 9.47. The largest absolute Gasteiger partial charge is 0.457 e. The van der Waals surface area contributed by atoms with Gasteiger partial charge in [-0.1, -0.05) is 27.5 Å². The topological polar surface area (TPSA) is 52.3 Å². The Morgan fingerprint density at radius 1 is 1.30 bits per heavy atom. The van der Waals surface area contributed by atoms with Crippen LogP contribution in [0.1, 0.15) is 15.9 Å². The molecule has 6 heteroatoms. The van der Waals surface area contributed by atoms with Crippen LogP contribution in [0, 0.1) is 5.82 Å². The summed E-state index contributed by atoms with van der Waals surface area (Å²) in [6, 6.07) is 8.87. The van der Waals surface area contributed by atoms with E-state index in [0.717, 1.165) is 0 Å². The summed E-state index contributed by atoms with van der Waals surface area (Å²) in [5.41, 5.74) is 6.37. The van der Waals surface area contributed by atoms with Crippen LogP contribution in [0.15, 0.2) is 40.9 Å². The number of halogens is 3. The predicted octanol–water partition coefficient (Wildman–Crippen LogP) is 4.18. The van der Waals surface area contributed by atoms with Crippen molar-refractivity contribution in [1.82, 2.24) is 0 Å². The molecular formula is C14H10BrClFNO2. The summed E-state index contributed by atoms with van der Waals surface area (Å²) in [6.45, 7) is -0.174. The lowest BCUT2D eigenvalue weighted by atomic mass is 10.2. The summed E-state index contributed by atoms with van der Waals surface area (Å²) in [7, 11) is 0. The predicted molar refractivity (Wildman–Crippen MR) is 79.1 cm³/mol. The number of hydrogen-bond donors (Lipinski definition) is 1. The number of nitrogens with two attached hydrogens (primary N) is 1. The van der Waals surface area contributed by atoms with E-state index in [2.05, 4.69) is 15.9 Å². The molecule has 0 spiro atoms. The highest BCUT2D eigenvalue weighted by Gasteiger charge is 2.13. The Kier molecular flexibility index (Phi) is 4.62. The lowest BCUT2D eigenvalue weighted by molar-refractivity contribution is 0.0470. The highest BCUT2D eigenvalue weighted by Crippen LogP contribution is 2.20. The number of ether oxygens (including phenoxy) is 1. The maximum absolute atomic E-state index is 13.5. The molecule has 0 amide bonds. The summed E-state index contributed by atoms with van der Waals surface area (Å²) in [5.74, 6) is -1.07. The summed E-state index contributed by atoms with van der Waals surface area (Å²) >= 11 is 8.97. The van der Waals surface area contributed by atoms with Gasteiger partial charge in [0.15, 0.2) is 0 Å². The minimum Gasteiger partial charge on any atom is -0.457 e. The van der Waals surface area contributed by atoms with Crippen molar-refractivity contribution in [3.8, 4) is 0 Å². The first-order valence-electron chi connectivity index (χ1n) is 5.63. The van der Waals surface area contributed by atoms with Crippen molar-refractivity contribution in [1.29, 1.82) is 0 Å². The normalized spacial score (nSPS) is 10.3. The van der Waals surface area contributed by atoms with Crippen molar-refractivity contribution in [2.45, 2.75) is 6.61 Å². The molecule has 0 heterocycles. The van der Waals surface area contributed by atoms with Gasteiger partial charge in [-0.05, 0) is 36.4 Å². The van der Waals surface area contributed by atoms with E-state index in [4.69, 9.17) is 22.1 Å². The molecule has 0 atom stereocenters. The Bertz CT molecular complexity index is 664. The molecule has 2 aromatic rings. The molecule has 3 nitrogen and oxygen atoms in total. The van der Waals surface area contributed by atoms with Gasteiger partial charge in [0.25, 0.3) is 0 Å². The number of carbonyl (C=O) groups excluding carboxylic acids is 1. The highest BCUT2D eigenvalue weighted by molar-refractivity contribution is 9.10. The maximum Gasteiger partial charge on any atom is 0.340 e. The number of hydrogen-bond acceptors (Lipinski definition) is 3. The van der Waals surface area contributed by atoms with E-state index in [1.807, 2.05) is 0 Å². The standard InChI is InChI=1S/C14H10BrClFNO2/c15-9-1-4-12(17)8(5-9)7-20-14(19)11-3-2-10(16)6-13(11)18/h1-6H,7,18H2. The Hall–Kier alpha value is -1.59. The lowest BCUT2D eigenvalue weighted by Crippen LogP contribution is -2.09. The fraction of sp³-hybridized carbons (Fsp3) is 0.0714. The first kappa shape index (κ1) is 14.8. The van der Waals surface area contributed by atoms with Crippen LogP contribution in [0.2, 0.25) is 5.02 Å². The van der Waals surface area contributed by atoms with Crippen molar-refractivity contribution in [2.75, 3.05) is 5.73 Å². The Balaban J connectivity index is 2.10. The van der Waals surface area contributed by atoms with Crippen LogP contribution < -0.4 is 5.73 Å². The van der Waals surface area contributed by atoms with Gasteiger partial charge in [-0.3, -0.25) is 0 Å². The molecule has 20 heavy (non-hydrogen) atoms. The van der Waals surface area contributed by atoms with Gasteiger partial charge >= 0.3 is 5.97 Å². The minimum atomic E-state index is -0.626. The van der Waals surface area contributed by atoms with Crippen molar-refractivity contribution in [3.05, 3.63) is 62.8 Å². The fourth-order valence-corrected chi connectivity index (χ4v) is 2.18. The van der Waals surface area contributed by atoms with Gasteiger partial charge in [0.05, 0.1) is 5.56 Å². The molecule has 0 bridgehead atoms. The average molecular weight is 359 g/mol. The highest BCUT2D eigenvalue weighted by atomic mass is 79.9. The molecule has 0 aromatic heterocycles. The zero-order chi connectivity index (χ0) is 14.7. The number of esters is 1. The summed E-state index contributed by atoms with van der Waals surface area (Å²) < 4.78 is 19.3. The second-order valence-electron chi connectivity index (χ2n) is 4.04. The van der Waals surface area contributed by atoms with Crippen molar-refractivity contribution < 1.29 is 13.9 Å². The van der Waals surface area contributed by atoms with Crippen LogP contribution in [0.25, 0.3) is 0 Å². The van der Waals surface area contributed by atoms with E-state index in [9.17, 15) is 9.18 Å². The molecule has 2 rings (SSSR count). The van der Waals surface area contributed by atoms with Crippen molar-refractivity contribution in [2.24, 2.45) is 0 Å². The monoisotopic (exact) mass is 357 g/mol. The number of nitrogen functional groups attached to an aromatic ring is 1. The van der Waals surface area contributed by atoms with Gasteiger partial charge in [0.1, 0.15) is 12.4 Å². The van der Waals surface area contributed by atoms with Crippen LogP contribution in [0.5, 0.6) is 0 Å². The van der Waals surface area contributed by atoms with Crippen LogP contribution in [0.4, 0.5) is 10.1 Å². The number of anilines is 1. The minimum absolute atomic E-state index is 0.174. The molecule has 2 aromatic carbocycles. The second kappa shape index (κ2) is 6.24. The molecule has 0 fully saturated rings. The second-order valence-corrected chi connectivity index (χ2v) is 5.40. The molecule has 0 unspecified atom stereocenters. The molecule has 0 aliphatic carbocycles. The van der Waals surface area contributed by atoms with Crippen LogP contribution in [-0.4, -0.2) is 5.97 Å². The molecule has 104 valence electrons. The third-order valence-corrected chi connectivity index (χ3v) is 3.33. The van der Waals surface area contributed by atoms with Gasteiger partial charge < -0.3 is 10.5 Å². The van der Waals surface area contributed by atoms with E-state index in [1.54, 1.807) is 12.1 Å². The fourth-order valence-electron chi connectivity index (χ4n) is 1.59. The third kappa shape index (κ3) is 3.49. The smallest absolute Gasteiger partial charge is 0.340 e. The van der Waals surface area contributed by atoms with E-state index in [0.29, 0.717) is 9.50 Å². The molecular weight excluding hydrogens is 349 g/mol. The van der Waals surface area contributed by atoms with E-state index < -0.39 is 11.8 Å². The first-order valence-corrected chi connectivity index (χ1v) is 6.80. The third-order valence-electron chi connectivity index (χ3n) is 2.60. The zero-order valence-corrected chi connectivity index (χ0v) is 12.5. The summed E-state index contributed by atoms with van der Waals surface area (Å²) in [4.78, 5) is 11.9.